The van der Waals surface area contributed by atoms with Gasteiger partial charge >= 0.3 is 0 Å². The van der Waals surface area contributed by atoms with Crippen molar-refractivity contribution < 1.29 is 23.9 Å². The smallest absolute Gasteiger partial charge is 0.262 e. The molecule has 0 saturated heterocycles. The highest BCUT2D eigenvalue weighted by atomic mass is 127. The van der Waals surface area contributed by atoms with E-state index in [1.807, 2.05) is 44.2 Å². The van der Waals surface area contributed by atoms with E-state index in [1.165, 1.54) is 0 Å². The third kappa shape index (κ3) is 6.06. The van der Waals surface area contributed by atoms with E-state index < -0.39 is 5.92 Å². The lowest BCUT2D eigenvalue weighted by Crippen LogP contribution is -2.44. The fourth-order valence-electron chi connectivity index (χ4n) is 7.02. The lowest BCUT2D eigenvalue weighted by Gasteiger charge is -2.49. The molecule has 0 fully saturated rings. The van der Waals surface area contributed by atoms with E-state index in [4.69, 9.17) is 9.47 Å². The van der Waals surface area contributed by atoms with Crippen molar-refractivity contribution >= 4 is 45.8 Å². The van der Waals surface area contributed by atoms with Gasteiger partial charge in [-0.25, -0.2) is 0 Å². The maximum absolute atomic E-state index is 14.0. The van der Waals surface area contributed by atoms with Crippen molar-refractivity contribution in [2.45, 2.75) is 80.1 Å². The number of halogens is 1. The van der Waals surface area contributed by atoms with Gasteiger partial charge < -0.3 is 19.7 Å². The van der Waals surface area contributed by atoms with Gasteiger partial charge in [-0.15, -0.1) is 0 Å². The highest BCUT2D eigenvalue weighted by Gasteiger charge is 2.48. The van der Waals surface area contributed by atoms with Gasteiger partial charge in [0, 0.05) is 53.5 Å². The molecule has 1 heterocycles. The minimum absolute atomic E-state index is 0.0984. The summed E-state index contributed by atoms with van der Waals surface area (Å²) in [5.41, 5.74) is 6.91. The number of ketones is 2. The van der Waals surface area contributed by atoms with E-state index in [0.29, 0.717) is 30.9 Å². The molecule has 1 amide bonds. The molecular weight excluding hydrogens is 667 g/mol. The molecule has 1 N–H and O–H groups in total. The summed E-state index contributed by atoms with van der Waals surface area (Å²) in [6.45, 7) is 15.2. The second-order valence-corrected chi connectivity index (χ2v) is 15.1. The largest absolute Gasteiger partial charge is 0.493 e. The Morgan fingerprint density at radius 1 is 0.977 bits per heavy atom. The van der Waals surface area contributed by atoms with Crippen LogP contribution in [0.5, 0.6) is 11.5 Å². The van der Waals surface area contributed by atoms with Crippen LogP contribution in [0.15, 0.2) is 52.9 Å². The van der Waals surface area contributed by atoms with E-state index in [0.717, 1.165) is 61.3 Å². The Balaban J connectivity index is 1.54. The number of Topliss-reactive ketones (excluding diaryl/α,β-unsaturated/α-hetero) is 2. The highest BCUT2D eigenvalue weighted by molar-refractivity contribution is 14.1. The number of rotatable bonds is 7. The fourth-order valence-corrected chi connectivity index (χ4v) is 7.80. The lowest BCUT2D eigenvalue weighted by molar-refractivity contribution is -0.120. The summed E-state index contributed by atoms with van der Waals surface area (Å²) in [7, 11) is 1.57. The average molecular weight is 711 g/mol. The first-order valence-corrected chi connectivity index (χ1v) is 16.4. The van der Waals surface area contributed by atoms with Gasteiger partial charge in [0.1, 0.15) is 0 Å². The Hall–Kier alpha value is -3.14. The number of anilines is 1. The molecule has 0 unspecified atom stereocenters. The summed E-state index contributed by atoms with van der Waals surface area (Å²) in [4.78, 5) is 43.0. The van der Waals surface area contributed by atoms with Gasteiger partial charge in [0.25, 0.3) is 5.91 Å². The fraction of sp³-hybridized carbons (Fsp3) is 0.472. The number of nitrogens with one attached hydrogen (secondary N) is 1. The minimum Gasteiger partial charge on any atom is -0.493 e. The summed E-state index contributed by atoms with van der Waals surface area (Å²) in [5.74, 6) is 0.361. The molecule has 7 nitrogen and oxygen atoms in total. The van der Waals surface area contributed by atoms with Gasteiger partial charge in [0.2, 0.25) is 0 Å². The summed E-state index contributed by atoms with van der Waals surface area (Å²) in [6, 6.07) is 9.64. The molecular formula is C36H43IN2O5. The van der Waals surface area contributed by atoms with Crippen LogP contribution in [0.2, 0.25) is 0 Å². The third-order valence-electron chi connectivity index (χ3n) is 9.15. The third-order valence-corrected chi connectivity index (χ3v) is 9.95. The minimum atomic E-state index is -0.473. The number of methoxy groups -OCH3 is 1. The first-order valence-electron chi connectivity index (χ1n) is 15.3. The van der Waals surface area contributed by atoms with Crippen molar-refractivity contribution in [2.75, 3.05) is 25.6 Å². The van der Waals surface area contributed by atoms with Crippen LogP contribution in [0.4, 0.5) is 5.69 Å². The number of hydrogen-bond donors (Lipinski definition) is 1. The van der Waals surface area contributed by atoms with Gasteiger partial charge in [0.15, 0.2) is 29.7 Å². The Bertz CT molecular complexity index is 1560. The van der Waals surface area contributed by atoms with Crippen LogP contribution < -0.4 is 14.8 Å². The molecule has 44 heavy (non-hydrogen) atoms. The first kappa shape index (κ1) is 32.3. The van der Waals surface area contributed by atoms with Gasteiger partial charge in [0.05, 0.1) is 10.7 Å². The Morgan fingerprint density at radius 2 is 1.57 bits per heavy atom. The van der Waals surface area contributed by atoms with Crippen LogP contribution in [0.3, 0.4) is 0 Å². The van der Waals surface area contributed by atoms with Crippen LogP contribution >= 0.6 is 22.6 Å². The van der Waals surface area contributed by atoms with Crippen LogP contribution in [0.1, 0.15) is 82.9 Å². The molecule has 2 aromatic rings. The molecule has 8 heteroatoms. The number of allylic oxidation sites excluding steroid dienone is 4. The molecule has 0 saturated carbocycles. The Kier molecular flexibility index (Phi) is 8.79. The van der Waals surface area contributed by atoms with Gasteiger partial charge in [-0.1, -0.05) is 39.8 Å². The number of ether oxygens (including phenoxy) is 2. The molecule has 2 aliphatic carbocycles. The number of aryl methyl sites for hydroxylation is 1. The van der Waals surface area contributed by atoms with E-state index in [2.05, 4.69) is 67.4 Å². The lowest BCUT2D eigenvalue weighted by atomic mass is 9.63. The predicted octanol–water partition coefficient (Wildman–Crippen LogP) is 7.64. The molecule has 0 atom stereocenters. The topological polar surface area (TPSA) is 84.9 Å². The number of benzene rings is 2. The molecule has 0 spiro atoms. The van der Waals surface area contributed by atoms with Gasteiger partial charge in [-0.2, -0.15) is 0 Å². The van der Waals surface area contributed by atoms with Crippen LogP contribution in [0.25, 0.3) is 0 Å². The van der Waals surface area contributed by atoms with Crippen molar-refractivity contribution in [1.29, 1.82) is 0 Å². The normalized spacial score (nSPS) is 19.5. The van der Waals surface area contributed by atoms with Crippen molar-refractivity contribution in [3.05, 3.63) is 73.1 Å². The van der Waals surface area contributed by atoms with Crippen molar-refractivity contribution in [1.82, 2.24) is 4.90 Å². The molecule has 1 aliphatic heterocycles. The van der Waals surface area contributed by atoms with Crippen molar-refractivity contribution in [3.63, 3.8) is 0 Å². The quantitative estimate of drug-likeness (QED) is 0.298. The molecule has 5 rings (SSSR count). The standard InChI is InChI=1S/C36H43IN2O5/c1-9-39-25-15-35(4,5)17-27(40)32(25)31(33-26(39)16-36(6,7)18-28(33)41)22-13-23(37)34(29(14-22)43-8)44-19-30(42)38-24-12-10-11-20(2)21(24)3/h10-14,31H,9,15-19H2,1-8H3,(H,38,42). The number of carbonyl (C=O) groups is 3. The zero-order valence-corrected chi connectivity index (χ0v) is 29.2. The summed E-state index contributed by atoms with van der Waals surface area (Å²) in [5, 5.41) is 2.94. The number of amides is 1. The first-order chi connectivity index (χ1) is 20.7. The molecule has 0 bridgehead atoms. The zero-order chi connectivity index (χ0) is 32.1. The predicted molar refractivity (Wildman–Crippen MR) is 181 cm³/mol. The Morgan fingerprint density at radius 3 is 2.11 bits per heavy atom. The molecule has 234 valence electrons. The van der Waals surface area contributed by atoms with E-state index in [-0.39, 0.29) is 34.9 Å². The highest BCUT2D eigenvalue weighted by Crippen LogP contribution is 2.55. The van der Waals surface area contributed by atoms with Gasteiger partial charge in [-0.3, -0.25) is 14.4 Å². The van der Waals surface area contributed by atoms with E-state index in [1.54, 1.807) is 7.11 Å². The summed E-state index contributed by atoms with van der Waals surface area (Å²) < 4.78 is 12.6. The summed E-state index contributed by atoms with van der Waals surface area (Å²) >= 11 is 2.19. The monoisotopic (exact) mass is 710 g/mol. The maximum atomic E-state index is 14.0. The zero-order valence-electron chi connectivity index (χ0n) is 27.1. The Labute approximate surface area is 274 Å². The number of carbonyl (C=O) groups excluding carboxylic acids is 3. The van der Waals surface area contributed by atoms with Crippen LogP contribution in [-0.2, 0) is 14.4 Å². The molecule has 3 aliphatic rings. The second kappa shape index (κ2) is 12.0. The second-order valence-electron chi connectivity index (χ2n) is 13.9. The maximum Gasteiger partial charge on any atom is 0.262 e. The van der Waals surface area contributed by atoms with Crippen molar-refractivity contribution in [3.8, 4) is 11.5 Å². The van der Waals surface area contributed by atoms with Gasteiger partial charge in [-0.05, 0) is 102 Å². The SMILES string of the molecule is CCN1C2=C(C(=O)CC(C)(C)C2)C(c2cc(I)c(OCC(=O)Nc3cccc(C)c3C)c(OC)c2)C2=C1CC(C)(C)CC2=O. The van der Waals surface area contributed by atoms with E-state index in [9.17, 15) is 14.4 Å². The number of nitrogens with zero attached hydrogens (tertiary/aromatic N) is 1. The van der Waals surface area contributed by atoms with E-state index >= 15 is 0 Å². The van der Waals surface area contributed by atoms with Crippen molar-refractivity contribution in [2.24, 2.45) is 10.8 Å². The molecule has 2 aromatic carbocycles. The molecule has 0 aromatic heterocycles. The average Bonchev–Trinajstić information content (AvgIpc) is 2.92. The number of hydrogen-bond acceptors (Lipinski definition) is 6. The summed E-state index contributed by atoms with van der Waals surface area (Å²) in [6.07, 6.45) is 2.42. The molecule has 0 radical (unpaired) electrons. The van der Waals surface area contributed by atoms with Crippen LogP contribution in [0, 0.1) is 28.2 Å². The van der Waals surface area contributed by atoms with Crippen LogP contribution in [-0.4, -0.2) is 42.6 Å².